The minimum atomic E-state index is -0.511. The number of esters is 1. The van der Waals surface area contributed by atoms with Gasteiger partial charge in [0.25, 0.3) is 0 Å². The maximum Gasteiger partial charge on any atom is 0.341 e. The monoisotopic (exact) mass is 306 g/mol. The smallest absolute Gasteiger partial charge is 0.341 e. The van der Waals surface area contributed by atoms with E-state index in [0.717, 1.165) is 5.56 Å². The number of hydrogen-bond acceptors (Lipinski definition) is 4. The second-order valence-corrected chi connectivity index (χ2v) is 4.66. The molecule has 0 aliphatic rings. The molecule has 0 radical (unpaired) electrons. The van der Waals surface area contributed by atoms with E-state index in [4.69, 9.17) is 25.8 Å². The highest BCUT2D eigenvalue weighted by Crippen LogP contribution is 2.33. The van der Waals surface area contributed by atoms with E-state index in [1.54, 1.807) is 6.07 Å². The number of ether oxygens (including phenoxy) is 3. The SMILES string of the molecule is COC(=O)c1cc(Cl)c(OC)cc1OCc1ccccc1. The van der Waals surface area contributed by atoms with Crippen LogP contribution in [0.15, 0.2) is 42.5 Å². The average molecular weight is 307 g/mol. The Balaban J connectivity index is 2.29. The molecule has 0 aromatic heterocycles. The Kier molecular flexibility index (Phi) is 5.06. The number of carbonyl (C=O) groups excluding carboxylic acids is 1. The van der Waals surface area contributed by atoms with E-state index in [1.165, 1.54) is 20.3 Å². The summed E-state index contributed by atoms with van der Waals surface area (Å²) in [5, 5.41) is 0.324. The minimum absolute atomic E-state index is 0.263. The molecule has 110 valence electrons. The topological polar surface area (TPSA) is 44.8 Å². The normalized spacial score (nSPS) is 10.0. The standard InChI is InChI=1S/C16H15ClO4/c1-19-15-9-14(12(8-13(15)17)16(18)20-2)21-10-11-6-4-3-5-7-11/h3-9H,10H2,1-2H3. The van der Waals surface area contributed by atoms with Crippen LogP contribution < -0.4 is 9.47 Å². The number of halogens is 1. The van der Waals surface area contributed by atoms with Crippen LogP contribution in [0.4, 0.5) is 0 Å². The molecule has 0 atom stereocenters. The van der Waals surface area contributed by atoms with Crippen molar-refractivity contribution in [1.82, 2.24) is 0 Å². The summed E-state index contributed by atoms with van der Waals surface area (Å²) < 4.78 is 15.6. The van der Waals surface area contributed by atoms with Gasteiger partial charge >= 0.3 is 5.97 Å². The van der Waals surface area contributed by atoms with Crippen LogP contribution in [0.25, 0.3) is 0 Å². The first kappa shape index (κ1) is 15.2. The van der Waals surface area contributed by atoms with E-state index in [2.05, 4.69) is 0 Å². The first-order valence-electron chi connectivity index (χ1n) is 6.28. The van der Waals surface area contributed by atoms with Gasteiger partial charge in [0.15, 0.2) is 0 Å². The molecule has 0 N–H and O–H groups in total. The molecule has 0 saturated carbocycles. The predicted octanol–water partition coefficient (Wildman–Crippen LogP) is 3.71. The first-order valence-corrected chi connectivity index (χ1v) is 6.66. The van der Waals surface area contributed by atoms with E-state index in [-0.39, 0.29) is 5.56 Å². The average Bonchev–Trinajstić information content (AvgIpc) is 2.53. The van der Waals surface area contributed by atoms with Crippen molar-refractivity contribution in [3.63, 3.8) is 0 Å². The van der Waals surface area contributed by atoms with Crippen molar-refractivity contribution in [3.8, 4) is 11.5 Å². The van der Waals surface area contributed by atoms with E-state index in [0.29, 0.717) is 23.1 Å². The molecule has 21 heavy (non-hydrogen) atoms. The zero-order valence-electron chi connectivity index (χ0n) is 11.8. The predicted molar refractivity (Wildman–Crippen MR) is 80.1 cm³/mol. The highest BCUT2D eigenvalue weighted by Gasteiger charge is 2.17. The van der Waals surface area contributed by atoms with Crippen LogP contribution in [0.5, 0.6) is 11.5 Å². The highest BCUT2D eigenvalue weighted by molar-refractivity contribution is 6.32. The molecular formula is C16H15ClO4. The van der Waals surface area contributed by atoms with Gasteiger partial charge < -0.3 is 14.2 Å². The molecule has 5 heteroatoms. The molecule has 2 aromatic carbocycles. The van der Waals surface area contributed by atoms with E-state index in [1.807, 2.05) is 30.3 Å². The molecule has 0 saturated heterocycles. The molecule has 0 unspecified atom stereocenters. The molecule has 0 aliphatic heterocycles. The van der Waals surface area contributed by atoms with Gasteiger partial charge in [0, 0.05) is 6.07 Å². The minimum Gasteiger partial charge on any atom is -0.495 e. The van der Waals surface area contributed by atoms with E-state index >= 15 is 0 Å². The Morgan fingerprint density at radius 3 is 2.43 bits per heavy atom. The van der Waals surface area contributed by atoms with Gasteiger partial charge in [-0.2, -0.15) is 0 Å². The Morgan fingerprint density at radius 1 is 1.10 bits per heavy atom. The third kappa shape index (κ3) is 3.67. The highest BCUT2D eigenvalue weighted by atomic mass is 35.5. The van der Waals surface area contributed by atoms with Gasteiger partial charge in [-0.1, -0.05) is 41.9 Å². The molecule has 2 rings (SSSR count). The lowest BCUT2D eigenvalue weighted by Crippen LogP contribution is -2.06. The fourth-order valence-corrected chi connectivity index (χ4v) is 2.06. The Bertz CT molecular complexity index is 626. The van der Waals surface area contributed by atoms with Gasteiger partial charge in [0.1, 0.15) is 23.7 Å². The van der Waals surface area contributed by atoms with Gasteiger partial charge in [-0.3, -0.25) is 0 Å². The fraction of sp³-hybridized carbons (Fsp3) is 0.188. The number of rotatable bonds is 5. The molecule has 0 amide bonds. The van der Waals surface area contributed by atoms with Gasteiger partial charge in [-0.05, 0) is 11.6 Å². The number of methoxy groups -OCH3 is 2. The van der Waals surface area contributed by atoms with Gasteiger partial charge in [-0.15, -0.1) is 0 Å². The Morgan fingerprint density at radius 2 is 1.81 bits per heavy atom. The van der Waals surface area contributed by atoms with Crippen LogP contribution in [0, 0.1) is 0 Å². The second kappa shape index (κ2) is 6.99. The Labute approximate surface area is 128 Å². The zero-order valence-corrected chi connectivity index (χ0v) is 12.5. The first-order chi connectivity index (χ1) is 10.2. The van der Waals surface area contributed by atoms with Crippen molar-refractivity contribution < 1.29 is 19.0 Å². The summed E-state index contributed by atoms with van der Waals surface area (Å²) in [4.78, 5) is 11.8. The van der Waals surface area contributed by atoms with Crippen LogP contribution in [-0.4, -0.2) is 20.2 Å². The fourth-order valence-electron chi connectivity index (χ4n) is 1.82. The molecule has 0 spiro atoms. The van der Waals surface area contributed by atoms with Gasteiger partial charge in [0.2, 0.25) is 0 Å². The maximum atomic E-state index is 11.8. The molecular weight excluding hydrogens is 292 g/mol. The Hall–Kier alpha value is -2.20. The van der Waals surface area contributed by atoms with E-state index in [9.17, 15) is 4.79 Å². The van der Waals surface area contributed by atoms with Crippen molar-refractivity contribution in [1.29, 1.82) is 0 Å². The van der Waals surface area contributed by atoms with Crippen molar-refractivity contribution in [2.24, 2.45) is 0 Å². The third-order valence-electron chi connectivity index (χ3n) is 2.90. The number of benzene rings is 2. The molecule has 4 nitrogen and oxygen atoms in total. The second-order valence-electron chi connectivity index (χ2n) is 4.25. The summed E-state index contributed by atoms with van der Waals surface area (Å²) in [6, 6.07) is 12.7. The number of carbonyl (C=O) groups is 1. The lowest BCUT2D eigenvalue weighted by Gasteiger charge is -2.13. The van der Waals surface area contributed by atoms with Crippen molar-refractivity contribution in [2.75, 3.05) is 14.2 Å². The molecule has 0 fully saturated rings. The summed E-state index contributed by atoms with van der Waals surface area (Å²) >= 11 is 6.03. The van der Waals surface area contributed by atoms with Crippen LogP contribution >= 0.6 is 11.6 Å². The van der Waals surface area contributed by atoms with Crippen molar-refractivity contribution >= 4 is 17.6 Å². The lowest BCUT2D eigenvalue weighted by atomic mass is 10.2. The largest absolute Gasteiger partial charge is 0.495 e. The third-order valence-corrected chi connectivity index (χ3v) is 3.19. The summed E-state index contributed by atoms with van der Waals surface area (Å²) in [5.41, 5.74) is 1.25. The van der Waals surface area contributed by atoms with Crippen molar-refractivity contribution in [3.05, 3.63) is 58.6 Å². The molecule has 0 heterocycles. The molecule has 0 aliphatic carbocycles. The quantitative estimate of drug-likeness (QED) is 0.790. The van der Waals surface area contributed by atoms with E-state index < -0.39 is 5.97 Å². The summed E-state index contributed by atoms with van der Waals surface area (Å²) in [5.74, 6) is 0.293. The van der Waals surface area contributed by atoms with Crippen LogP contribution in [0.3, 0.4) is 0 Å². The van der Waals surface area contributed by atoms with Gasteiger partial charge in [-0.25, -0.2) is 4.79 Å². The summed E-state index contributed by atoms with van der Waals surface area (Å²) in [7, 11) is 2.81. The number of hydrogen-bond donors (Lipinski definition) is 0. The zero-order chi connectivity index (χ0) is 15.2. The molecule has 2 aromatic rings. The lowest BCUT2D eigenvalue weighted by molar-refractivity contribution is 0.0595. The van der Waals surface area contributed by atoms with Crippen molar-refractivity contribution in [2.45, 2.75) is 6.61 Å². The van der Waals surface area contributed by atoms with Crippen LogP contribution in [0.1, 0.15) is 15.9 Å². The maximum absolute atomic E-state index is 11.8. The summed E-state index contributed by atoms with van der Waals surface area (Å²) in [6.07, 6.45) is 0. The van der Waals surface area contributed by atoms with Crippen LogP contribution in [-0.2, 0) is 11.3 Å². The van der Waals surface area contributed by atoms with Gasteiger partial charge in [0.05, 0.1) is 19.2 Å². The molecule has 0 bridgehead atoms. The van der Waals surface area contributed by atoms with Crippen LogP contribution in [0.2, 0.25) is 5.02 Å². The summed E-state index contributed by atoms with van der Waals surface area (Å²) in [6.45, 7) is 0.329.